The number of aromatic nitrogens is 2. The molecule has 0 fully saturated rings. The van der Waals surface area contributed by atoms with Crippen molar-refractivity contribution in [1.29, 1.82) is 0 Å². The van der Waals surface area contributed by atoms with Gasteiger partial charge in [0.15, 0.2) is 0 Å². The summed E-state index contributed by atoms with van der Waals surface area (Å²) in [5, 5.41) is 5.45. The van der Waals surface area contributed by atoms with Crippen molar-refractivity contribution in [2.45, 2.75) is 26.4 Å². The van der Waals surface area contributed by atoms with Gasteiger partial charge < -0.3 is 5.73 Å². The standard InChI is InChI=1S/C13H15Cl2N3/c1-3-18-12(6-8(2)17-18)13(16)9-4-5-10(14)11(15)7-9/h4-7,13H,3,16H2,1-2H3. The second-order valence-corrected chi connectivity index (χ2v) is 4.99. The van der Waals surface area contributed by atoms with Crippen LogP contribution in [0.1, 0.15) is 29.9 Å². The Bertz CT molecular complexity index is 563. The van der Waals surface area contributed by atoms with E-state index in [2.05, 4.69) is 5.10 Å². The van der Waals surface area contributed by atoms with Crippen molar-refractivity contribution in [2.75, 3.05) is 0 Å². The molecule has 0 amide bonds. The summed E-state index contributed by atoms with van der Waals surface area (Å²) in [5.41, 5.74) is 9.13. The summed E-state index contributed by atoms with van der Waals surface area (Å²) in [7, 11) is 0. The van der Waals surface area contributed by atoms with Gasteiger partial charge >= 0.3 is 0 Å². The van der Waals surface area contributed by atoms with Crippen molar-refractivity contribution in [1.82, 2.24) is 9.78 Å². The van der Waals surface area contributed by atoms with Crippen molar-refractivity contribution >= 4 is 23.2 Å². The smallest absolute Gasteiger partial charge is 0.0723 e. The van der Waals surface area contributed by atoms with Crippen LogP contribution in [-0.4, -0.2) is 9.78 Å². The van der Waals surface area contributed by atoms with Gasteiger partial charge in [0.25, 0.3) is 0 Å². The fraction of sp³-hybridized carbons (Fsp3) is 0.308. The second-order valence-electron chi connectivity index (χ2n) is 4.18. The number of rotatable bonds is 3. The predicted molar refractivity (Wildman–Crippen MR) is 75.1 cm³/mol. The number of hydrogen-bond acceptors (Lipinski definition) is 2. The van der Waals surface area contributed by atoms with E-state index in [1.165, 1.54) is 0 Å². The first-order valence-electron chi connectivity index (χ1n) is 5.77. The Morgan fingerprint density at radius 3 is 2.61 bits per heavy atom. The predicted octanol–water partition coefficient (Wildman–Crippen LogP) is 3.57. The Kier molecular flexibility index (Phi) is 3.95. The highest BCUT2D eigenvalue weighted by Crippen LogP contribution is 2.27. The number of nitrogens with two attached hydrogens (primary N) is 1. The zero-order valence-electron chi connectivity index (χ0n) is 10.3. The number of benzene rings is 1. The van der Waals surface area contributed by atoms with Crippen LogP contribution in [0, 0.1) is 6.92 Å². The highest BCUT2D eigenvalue weighted by Gasteiger charge is 2.15. The Morgan fingerprint density at radius 2 is 2.00 bits per heavy atom. The van der Waals surface area contributed by atoms with Crippen LogP contribution in [0.5, 0.6) is 0 Å². The van der Waals surface area contributed by atoms with Crippen LogP contribution in [0.2, 0.25) is 10.0 Å². The van der Waals surface area contributed by atoms with Crippen LogP contribution in [-0.2, 0) is 6.54 Å². The lowest BCUT2D eigenvalue weighted by Gasteiger charge is -2.14. The number of hydrogen-bond donors (Lipinski definition) is 1. The fourth-order valence-corrected chi connectivity index (χ4v) is 2.25. The Hall–Kier alpha value is -1.03. The van der Waals surface area contributed by atoms with Crippen LogP contribution in [0.4, 0.5) is 0 Å². The molecule has 18 heavy (non-hydrogen) atoms. The molecule has 1 atom stereocenters. The molecule has 0 spiro atoms. The lowest BCUT2D eigenvalue weighted by Crippen LogP contribution is -2.17. The van der Waals surface area contributed by atoms with E-state index >= 15 is 0 Å². The SMILES string of the molecule is CCn1nc(C)cc1C(N)c1ccc(Cl)c(Cl)c1. The van der Waals surface area contributed by atoms with Crippen LogP contribution in [0.15, 0.2) is 24.3 Å². The highest BCUT2D eigenvalue weighted by atomic mass is 35.5. The quantitative estimate of drug-likeness (QED) is 0.936. The molecule has 0 bridgehead atoms. The van der Waals surface area contributed by atoms with Crippen molar-refractivity contribution < 1.29 is 0 Å². The molecule has 96 valence electrons. The van der Waals surface area contributed by atoms with E-state index in [0.29, 0.717) is 10.0 Å². The summed E-state index contributed by atoms with van der Waals surface area (Å²) in [4.78, 5) is 0. The Labute approximate surface area is 117 Å². The van der Waals surface area contributed by atoms with Gasteiger partial charge in [-0.1, -0.05) is 29.3 Å². The van der Waals surface area contributed by atoms with Gasteiger partial charge in [0.2, 0.25) is 0 Å². The second kappa shape index (κ2) is 5.31. The molecular formula is C13H15Cl2N3. The third kappa shape index (κ3) is 2.53. The summed E-state index contributed by atoms with van der Waals surface area (Å²) in [6.07, 6.45) is 0. The van der Waals surface area contributed by atoms with E-state index in [9.17, 15) is 0 Å². The lowest BCUT2D eigenvalue weighted by molar-refractivity contribution is 0.597. The maximum atomic E-state index is 6.26. The third-order valence-electron chi connectivity index (χ3n) is 2.85. The van der Waals surface area contributed by atoms with Gasteiger partial charge in [-0.2, -0.15) is 5.10 Å². The first-order chi connectivity index (χ1) is 8.52. The average molecular weight is 284 g/mol. The fourth-order valence-electron chi connectivity index (χ4n) is 1.95. The molecule has 1 aromatic carbocycles. The Balaban J connectivity index is 2.40. The molecule has 0 radical (unpaired) electrons. The largest absolute Gasteiger partial charge is 0.319 e. The molecule has 1 aromatic heterocycles. The summed E-state index contributed by atoms with van der Waals surface area (Å²) in [6.45, 7) is 4.78. The number of halogens is 2. The molecule has 0 saturated heterocycles. The molecule has 0 saturated carbocycles. The zero-order chi connectivity index (χ0) is 13.3. The van der Waals surface area contributed by atoms with Crippen LogP contribution in [0.25, 0.3) is 0 Å². The van der Waals surface area contributed by atoms with E-state index in [1.54, 1.807) is 12.1 Å². The maximum Gasteiger partial charge on any atom is 0.0723 e. The normalized spacial score (nSPS) is 12.7. The summed E-state index contributed by atoms with van der Waals surface area (Å²) < 4.78 is 1.91. The molecule has 0 aliphatic carbocycles. The number of nitrogens with zero attached hydrogens (tertiary/aromatic N) is 2. The van der Waals surface area contributed by atoms with E-state index in [4.69, 9.17) is 28.9 Å². The zero-order valence-corrected chi connectivity index (χ0v) is 11.8. The average Bonchev–Trinajstić information content (AvgIpc) is 2.73. The molecular weight excluding hydrogens is 269 g/mol. The topological polar surface area (TPSA) is 43.8 Å². The summed E-state index contributed by atoms with van der Waals surface area (Å²) in [5.74, 6) is 0. The molecule has 1 unspecified atom stereocenters. The Morgan fingerprint density at radius 1 is 1.28 bits per heavy atom. The summed E-state index contributed by atoms with van der Waals surface area (Å²) in [6, 6.07) is 7.20. The van der Waals surface area contributed by atoms with Crippen molar-refractivity contribution in [2.24, 2.45) is 5.73 Å². The molecule has 2 rings (SSSR count). The van der Waals surface area contributed by atoms with Gasteiger partial charge in [-0.3, -0.25) is 4.68 Å². The van der Waals surface area contributed by atoms with Crippen LogP contribution < -0.4 is 5.73 Å². The lowest BCUT2D eigenvalue weighted by atomic mass is 10.0. The van der Waals surface area contributed by atoms with Crippen molar-refractivity contribution in [3.05, 3.63) is 51.3 Å². The maximum absolute atomic E-state index is 6.26. The third-order valence-corrected chi connectivity index (χ3v) is 3.59. The van der Waals surface area contributed by atoms with Crippen LogP contribution >= 0.6 is 23.2 Å². The first-order valence-corrected chi connectivity index (χ1v) is 6.53. The van der Waals surface area contributed by atoms with Gasteiger partial charge in [0.05, 0.1) is 27.5 Å². The highest BCUT2D eigenvalue weighted by molar-refractivity contribution is 6.42. The minimum atomic E-state index is -0.249. The molecule has 1 heterocycles. The van der Waals surface area contributed by atoms with Crippen LogP contribution in [0.3, 0.4) is 0 Å². The monoisotopic (exact) mass is 283 g/mol. The molecule has 0 aliphatic heterocycles. The van der Waals surface area contributed by atoms with Gasteiger partial charge in [0.1, 0.15) is 0 Å². The molecule has 2 aromatic rings. The van der Waals surface area contributed by atoms with E-state index in [-0.39, 0.29) is 6.04 Å². The van der Waals surface area contributed by atoms with E-state index < -0.39 is 0 Å². The molecule has 0 aliphatic rings. The first kappa shape index (κ1) is 13.4. The van der Waals surface area contributed by atoms with Crippen molar-refractivity contribution in [3.63, 3.8) is 0 Å². The van der Waals surface area contributed by atoms with Gasteiger partial charge in [-0.05, 0) is 37.6 Å². The van der Waals surface area contributed by atoms with Gasteiger partial charge in [-0.25, -0.2) is 0 Å². The molecule has 3 nitrogen and oxygen atoms in total. The van der Waals surface area contributed by atoms with Gasteiger partial charge in [-0.15, -0.1) is 0 Å². The molecule has 5 heteroatoms. The van der Waals surface area contributed by atoms with Gasteiger partial charge in [0, 0.05) is 6.54 Å². The minimum absolute atomic E-state index is 0.249. The van der Waals surface area contributed by atoms with E-state index in [1.807, 2.05) is 30.7 Å². The summed E-state index contributed by atoms with van der Waals surface area (Å²) >= 11 is 11.9. The molecule has 2 N–H and O–H groups in total. The minimum Gasteiger partial charge on any atom is -0.319 e. The van der Waals surface area contributed by atoms with E-state index in [0.717, 1.165) is 23.5 Å². The van der Waals surface area contributed by atoms with Crippen molar-refractivity contribution in [3.8, 4) is 0 Å². The number of aryl methyl sites for hydroxylation is 2.